The van der Waals surface area contributed by atoms with Crippen molar-refractivity contribution in [1.82, 2.24) is 0 Å². The van der Waals surface area contributed by atoms with Gasteiger partial charge >= 0.3 is 6.18 Å². The molecule has 3 rings (SSSR count). The molecule has 1 aliphatic rings. The third-order valence-corrected chi connectivity index (χ3v) is 4.85. The molecule has 1 heterocycles. The molecule has 0 bridgehead atoms. The van der Waals surface area contributed by atoms with Gasteiger partial charge in [-0.25, -0.2) is 0 Å². The van der Waals surface area contributed by atoms with Gasteiger partial charge < -0.3 is 4.74 Å². The summed E-state index contributed by atoms with van der Waals surface area (Å²) in [7, 11) is 0. The smallest absolute Gasteiger partial charge is 0.416 e. The Hall–Kier alpha value is -2.60. The van der Waals surface area contributed by atoms with Crippen LogP contribution in [0.4, 0.5) is 13.2 Å². The molecule has 0 radical (unpaired) electrons. The molecule has 1 aliphatic heterocycles. The molecule has 0 saturated carbocycles. The number of hydrogen-bond donors (Lipinski definition) is 1. The lowest BCUT2D eigenvalue weighted by atomic mass is 9.85. The SMILES string of the molecule is CC1=C(c2cccc(C(F)(F)F)c2)C(=O)C(N)(C(C)Cc2ccccc2)O1. The van der Waals surface area contributed by atoms with Gasteiger partial charge in [-0.2, -0.15) is 13.2 Å². The maximum absolute atomic E-state index is 13.0. The molecule has 0 aliphatic carbocycles. The molecule has 0 saturated heterocycles. The first-order valence-corrected chi connectivity index (χ1v) is 8.58. The van der Waals surface area contributed by atoms with Crippen LogP contribution in [0.15, 0.2) is 60.4 Å². The molecular weight excluding hydrogens is 355 g/mol. The van der Waals surface area contributed by atoms with Crippen molar-refractivity contribution in [3.8, 4) is 0 Å². The summed E-state index contributed by atoms with van der Waals surface area (Å²) >= 11 is 0. The summed E-state index contributed by atoms with van der Waals surface area (Å²) in [5.41, 5.74) is 5.13. The number of benzene rings is 2. The van der Waals surface area contributed by atoms with Crippen LogP contribution in [-0.2, 0) is 22.1 Å². The number of rotatable bonds is 4. The Morgan fingerprint density at radius 3 is 2.41 bits per heavy atom. The van der Waals surface area contributed by atoms with Gasteiger partial charge in [0, 0.05) is 5.92 Å². The predicted molar refractivity (Wildman–Crippen MR) is 96.4 cm³/mol. The highest BCUT2D eigenvalue weighted by Gasteiger charge is 2.49. The maximum atomic E-state index is 13.0. The van der Waals surface area contributed by atoms with E-state index in [1.807, 2.05) is 30.3 Å². The summed E-state index contributed by atoms with van der Waals surface area (Å²) in [6.07, 6.45) is -3.99. The van der Waals surface area contributed by atoms with Crippen LogP contribution in [0.25, 0.3) is 5.57 Å². The number of carbonyl (C=O) groups is 1. The molecule has 2 aromatic rings. The number of alkyl halides is 3. The van der Waals surface area contributed by atoms with Gasteiger partial charge in [0.2, 0.25) is 11.5 Å². The predicted octanol–water partition coefficient (Wildman–Crippen LogP) is 4.57. The topological polar surface area (TPSA) is 52.3 Å². The average Bonchev–Trinajstić information content (AvgIpc) is 2.85. The molecule has 2 atom stereocenters. The first kappa shape index (κ1) is 19.2. The van der Waals surface area contributed by atoms with Gasteiger partial charge in [0.1, 0.15) is 5.76 Å². The third kappa shape index (κ3) is 3.62. The minimum absolute atomic E-state index is 0.100. The molecule has 6 heteroatoms. The first-order chi connectivity index (χ1) is 12.6. The zero-order valence-electron chi connectivity index (χ0n) is 15.0. The fourth-order valence-electron chi connectivity index (χ4n) is 3.33. The highest BCUT2D eigenvalue weighted by Crippen LogP contribution is 2.40. The number of nitrogens with two attached hydrogens (primary N) is 1. The summed E-state index contributed by atoms with van der Waals surface area (Å²) in [4.78, 5) is 13.0. The minimum Gasteiger partial charge on any atom is -0.469 e. The van der Waals surface area contributed by atoms with Crippen molar-refractivity contribution in [3.05, 3.63) is 77.0 Å². The van der Waals surface area contributed by atoms with Crippen LogP contribution in [-0.4, -0.2) is 11.5 Å². The van der Waals surface area contributed by atoms with E-state index in [1.54, 1.807) is 13.8 Å². The van der Waals surface area contributed by atoms with E-state index in [4.69, 9.17) is 10.5 Å². The lowest BCUT2D eigenvalue weighted by molar-refractivity contribution is -0.137. The van der Waals surface area contributed by atoms with E-state index in [1.165, 1.54) is 12.1 Å². The van der Waals surface area contributed by atoms with Crippen LogP contribution in [0.1, 0.15) is 30.5 Å². The van der Waals surface area contributed by atoms with Gasteiger partial charge in [-0.15, -0.1) is 0 Å². The number of halogens is 3. The molecule has 2 unspecified atom stereocenters. The van der Waals surface area contributed by atoms with E-state index in [0.717, 1.165) is 17.7 Å². The zero-order chi connectivity index (χ0) is 19.8. The van der Waals surface area contributed by atoms with Crippen molar-refractivity contribution < 1.29 is 22.7 Å². The lowest BCUT2D eigenvalue weighted by Crippen LogP contribution is -2.53. The van der Waals surface area contributed by atoms with Gasteiger partial charge in [-0.3, -0.25) is 10.5 Å². The normalized spacial score (nSPS) is 21.3. The van der Waals surface area contributed by atoms with Crippen LogP contribution in [0.5, 0.6) is 0 Å². The second kappa shape index (κ2) is 6.85. The van der Waals surface area contributed by atoms with Crippen LogP contribution >= 0.6 is 0 Å². The number of Topliss-reactive ketones (excluding diaryl/α,β-unsaturated/α-hetero) is 1. The number of hydrogen-bond acceptors (Lipinski definition) is 3. The molecule has 3 nitrogen and oxygen atoms in total. The van der Waals surface area contributed by atoms with E-state index < -0.39 is 23.2 Å². The van der Waals surface area contributed by atoms with Crippen LogP contribution in [0.2, 0.25) is 0 Å². The zero-order valence-corrected chi connectivity index (χ0v) is 15.0. The molecule has 2 N–H and O–H groups in total. The van der Waals surface area contributed by atoms with E-state index in [2.05, 4.69) is 0 Å². The van der Waals surface area contributed by atoms with Crippen molar-refractivity contribution in [1.29, 1.82) is 0 Å². The molecule has 2 aromatic carbocycles. The molecule has 0 amide bonds. The van der Waals surface area contributed by atoms with Crippen molar-refractivity contribution in [2.45, 2.75) is 32.2 Å². The fourth-order valence-corrected chi connectivity index (χ4v) is 3.33. The van der Waals surface area contributed by atoms with Crippen molar-refractivity contribution >= 4 is 11.4 Å². The van der Waals surface area contributed by atoms with Gasteiger partial charge in [0.05, 0.1) is 11.1 Å². The standard InChI is InChI=1S/C21H20F3NO2/c1-13(11-15-7-4-3-5-8-15)20(25)19(26)18(14(2)27-20)16-9-6-10-17(12-16)21(22,23)24/h3-10,12-13H,11,25H2,1-2H3. The monoisotopic (exact) mass is 375 g/mol. The summed E-state index contributed by atoms with van der Waals surface area (Å²) in [6.45, 7) is 3.35. The molecule has 0 aromatic heterocycles. The molecule has 27 heavy (non-hydrogen) atoms. The van der Waals surface area contributed by atoms with E-state index in [-0.39, 0.29) is 22.8 Å². The second-order valence-electron chi connectivity index (χ2n) is 6.82. The first-order valence-electron chi connectivity index (χ1n) is 8.58. The van der Waals surface area contributed by atoms with Crippen molar-refractivity contribution in [3.63, 3.8) is 0 Å². The number of ketones is 1. The van der Waals surface area contributed by atoms with E-state index >= 15 is 0 Å². The van der Waals surface area contributed by atoms with Gasteiger partial charge in [0.25, 0.3) is 0 Å². The van der Waals surface area contributed by atoms with Crippen molar-refractivity contribution in [2.75, 3.05) is 0 Å². The summed E-state index contributed by atoms with van der Waals surface area (Å²) in [5.74, 6) is -0.629. The summed E-state index contributed by atoms with van der Waals surface area (Å²) in [5, 5.41) is 0. The quantitative estimate of drug-likeness (QED) is 0.852. The number of carbonyl (C=O) groups excluding carboxylic acids is 1. The lowest BCUT2D eigenvalue weighted by Gasteiger charge is -2.30. The van der Waals surface area contributed by atoms with E-state index in [9.17, 15) is 18.0 Å². The van der Waals surface area contributed by atoms with Gasteiger partial charge in [-0.05, 0) is 36.6 Å². The molecule has 142 valence electrons. The van der Waals surface area contributed by atoms with Gasteiger partial charge in [0.15, 0.2) is 0 Å². The Morgan fingerprint density at radius 2 is 1.78 bits per heavy atom. The van der Waals surface area contributed by atoms with Crippen molar-refractivity contribution in [2.24, 2.45) is 11.7 Å². The highest BCUT2D eigenvalue weighted by atomic mass is 19.4. The van der Waals surface area contributed by atoms with Crippen LogP contribution in [0, 0.1) is 5.92 Å². The van der Waals surface area contributed by atoms with Crippen LogP contribution in [0.3, 0.4) is 0 Å². The Kier molecular flexibility index (Phi) is 4.86. The Morgan fingerprint density at radius 1 is 1.11 bits per heavy atom. The second-order valence-corrected chi connectivity index (χ2v) is 6.82. The highest BCUT2D eigenvalue weighted by molar-refractivity contribution is 6.26. The number of allylic oxidation sites excluding steroid dienone is 1. The Labute approximate surface area is 155 Å². The average molecular weight is 375 g/mol. The minimum atomic E-state index is -4.49. The molecule has 0 fully saturated rings. The van der Waals surface area contributed by atoms with E-state index in [0.29, 0.717) is 6.42 Å². The summed E-state index contributed by atoms with van der Waals surface area (Å²) < 4.78 is 44.8. The molecule has 0 spiro atoms. The maximum Gasteiger partial charge on any atom is 0.416 e. The molecular formula is C21H20F3NO2. The van der Waals surface area contributed by atoms with Crippen LogP contribution < -0.4 is 5.73 Å². The summed E-state index contributed by atoms with van der Waals surface area (Å²) in [6, 6.07) is 14.2. The third-order valence-electron chi connectivity index (χ3n) is 4.85. The fraction of sp³-hybridized carbons (Fsp3) is 0.286. The number of ether oxygens (including phenoxy) is 1. The Bertz CT molecular complexity index is 890. The Balaban J connectivity index is 1.90. The van der Waals surface area contributed by atoms with Gasteiger partial charge in [-0.1, -0.05) is 49.4 Å². The largest absolute Gasteiger partial charge is 0.469 e.